The lowest BCUT2D eigenvalue weighted by atomic mass is 10.2. The summed E-state index contributed by atoms with van der Waals surface area (Å²) < 4.78 is 5.13. The van der Waals surface area contributed by atoms with Crippen molar-refractivity contribution in [1.29, 1.82) is 0 Å². The Labute approximate surface area is 122 Å². The van der Waals surface area contributed by atoms with E-state index in [-0.39, 0.29) is 11.6 Å². The fourth-order valence-corrected chi connectivity index (χ4v) is 2.53. The van der Waals surface area contributed by atoms with Gasteiger partial charge >= 0.3 is 0 Å². The number of hydrogen-bond acceptors (Lipinski definition) is 5. The van der Waals surface area contributed by atoms with Crippen LogP contribution in [0.5, 0.6) is 5.75 Å². The van der Waals surface area contributed by atoms with Crippen LogP contribution in [0.25, 0.3) is 22.2 Å². The third-order valence-corrected chi connectivity index (χ3v) is 4.07. The van der Waals surface area contributed by atoms with Crippen LogP contribution in [0.1, 0.15) is 0 Å². The Hall–Kier alpha value is -1.56. The number of halogens is 2. The number of thiophene rings is 1. The molecular weight excluding hydrogens is 307 g/mol. The third kappa shape index (κ3) is 2.32. The van der Waals surface area contributed by atoms with E-state index in [1.807, 2.05) is 0 Å². The molecule has 3 rings (SSSR count). The zero-order valence-electron chi connectivity index (χ0n) is 9.30. The van der Waals surface area contributed by atoms with Crippen molar-refractivity contribution in [2.24, 2.45) is 0 Å². The molecule has 0 unspecified atom stereocenters. The van der Waals surface area contributed by atoms with Crippen LogP contribution in [0, 0.1) is 0 Å². The van der Waals surface area contributed by atoms with Crippen molar-refractivity contribution in [3.05, 3.63) is 39.7 Å². The quantitative estimate of drug-likeness (QED) is 0.758. The molecular formula is C12H6Cl2N2O2S. The van der Waals surface area contributed by atoms with Gasteiger partial charge in [0.1, 0.15) is 10.6 Å². The maximum atomic E-state index is 9.61. The Kier molecular flexibility index (Phi) is 3.18. The van der Waals surface area contributed by atoms with Crippen LogP contribution in [0.15, 0.2) is 34.2 Å². The maximum Gasteiger partial charge on any atom is 0.272 e. The van der Waals surface area contributed by atoms with Crippen LogP contribution >= 0.6 is 34.5 Å². The van der Waals surface area contributed by atoms with Crippen LogP contribution < -0.4 is 0 Å². The number of nitrogens with zero attached hydrogens (tertiary/aromatic N) is 2. The van der Waals surface area contributed by atoms with Crippen molar-refractivity contribution in [2.45, 2.75) is 0 Å². The number of aromatic hydroxyl groups is 1. The van der Waals surface area contributed by atoms with Gasteiger partial charge in [0.05, 0.1) is 10.0 Å². The molecule has 4 nitrogen and oxygen atoms in total. The summed E-state index contributed by atoms with van der Waals surface area (Å²) in [5, 5.41) is 16.1. The fourth-order valence-electron chi connectivity index (χ4n) is 1.53. The molecule has 0 saturated heterocycles. The molecule has 0 aliphatic rings. The molecule has 1 N–H and O–H groups in total. The third-order valence-electron chi connectivity index (χ3n) is 2.44. The molecule has 2 heterocycles. The molecule has 0 amide bonds. The summed E-state index contributed by atoms with van der Waals surface area (Å²) in [4.78, 5) is 4.77. The van der Waals surface area contributed by atoms with Gasteiger partial charge in [0.2, 0.25) is 5.82 Å². The van der Waals surface area contributed by atoms with Gasteiger partial charge in [-0.25, -0.2) is 0 Å². The molecule has 0 fully saturated rings. The number of aromatic nitrogens is 2. The van der Waals surface area contributed by atoms with E-state index in [1.54, 1.807) is 29.6 Å². The molecule has 0 aliphatic carbocycles. The molecule has 0 saturated carbocycles. The molecule has 1 aromatic carbocycles. The summed E-state index contributed by atoms with van der Waals surface area (Å²) in [7, 11) is 0. The second-order valence-corrected chi connectivity index (χ2v) is 5.42. The van der Waals surface area contributed by atoms with Crippen LogP contribution in [0.2, 0.25) is 10.0 Å². The summed E-state index contributed by atoms with van der Waals surface area (Å²) in [5.41, 5.74) is 0.695. The summed E-state index contributed by atoms with van der Waals surface area (Å²) >= 11 is 13.1. The minimum absolute atomic E-state index is 0.120. The van der Waals surface area contributed by atoms with E-state index < -0.39 is 0 Å². The summed E-state index contributed by atoms with van der Waals surface area (Å²) in [6.07, 6.45) is 0. The lowest BCUT2D eigenvalue weighted by molar-refractivity contribution is 0.427. The first-order chi connectivity index (χ1) is 9.15. The van der Waals surface area contributed by atoms with Gasteiger partial charge < -0.3 is 9.63 Å². The normalized spacial score (nSPS) is 10.8. The van der Waals surface area contributed by atoms with Crippen molar-refractivity contribution < 1.29 is 9.63 Å². The van der Waals surface area contributed by atoms with Crippen molar-refractivity contribution >= 4 is 34.5 Å². The second-order valence-electron chi connectivity index (χ2n) is 3.69. The van der Waals surface area contributed by atoms with Crippen LogP contribution in [0.4, 0.5) is 0 Å². The maximum absolute atomic E-state index is 9.61. The zero-order chi connectivity index (χ0) is 13.4. The highest BCUT2D eigenvalue weighted by atomic mass is 35.5. The van der Waals surface area contributed by atoms with Gasteiger partial charge in [-0.2, -0.15) is 4.98 Å². The van der Waals surface area contributed by atoms with E-state index in [1.165, 1.54) is 11.3 Å². The van der Waals surface area contributed by atoms with Gasteiger partial charge in [-0.05, 0) is 29.6 Å². The Morgan fingerprint density at radius 1 is 1.16 bits per heavy atom. The van der Waals surface area contributed by atoms with Crippen LogP contribution in [0.3, 0.4) is 0 Å². The van der Waals surface area contributed by atoms with E-state index in [9.17, 15) is 5.11 Å². The fraction of sp³-hybridized carbons (Fsp3) is 0. The molecule has 0 aliphatic heterocycles. The minimum Gasteiger partial charge on any atom is -0.506 e. The Bertz CT molecular complexity index is 739. The SMILES string of the molecule is Oc1ccsc1-c1nc(-c2ccc(Cl)c(Cl)c2)no1. The first-order valence-electron chi connectivity index (χ1n) is 5.21. The first kappa shape index (κ1) is 12.5. The minimum atomic E-state index is 0.120. The summed E-state index contributed by atoms with van der Waals surface area (Å²) in [5.74, 6) is 0.782. The highest BCUT2D eigenvalue weighted by Gasteiger charge is 2.15. The average molecular weight is 313 g/mol. The second kappa shape index (κ2) is 4.85. The Balaban J connectivity index is 2.01. The predicted octanol–water partition coefficient (Wildman–Crippen LogP) is 4.48. The van der Waals surface area contributed by atoms with Gasteiger partial charge in [-0.1, -0.05) is 28.4 Å². The molecule has 96 valence electrons. The van der Waals surface area contributed by atoms with E-state index in [2.05, 4.69) is 10.1 Å². The van der Waals surface area contributed by atoms with Crippen LogP contribution in [-0.2, 0) is 0 Å². The molecule has 19 heavy (non-hydrogen) atoms. The number of benzene rings is 1. The van der Waals surface area contributed by atoms with Crippen molar-refractivity contribution in [3.63, 3.8) is 0 Å². The van der Waals surface area contributed by atoms with Gasteiger partial charge in [-0.3, -0.25) is 0 Å². The van der Waals surface area contributed by atoms with Crippen molar-refractivity contribution in [2.75, 3.05) is 0 Å². The molecule has 7 heteroatoms. The molecule has 0 atom stereocenters. The van der Waals surface area contributed by atoms with Gasteiger partial charge in [0, 0.05) is 5.56 Å². The van der Waals surface area contributed by atoms with Gasteiger partial charge in [0.25, 0.3) is 5.89 Å². The number of hydrogen-bond donors (Lipinski definition) is 1. The highest BCUT2D eigenvalue weighted by Crippen LogP contribution is 2.34. The Morgan fingerprint density at radius 2 is 2.00 bits per heavy atom. The van der Waals surface area contributed by atoms with Crippen LogP contribution in [-0.4, -0.2) is 15.2 Å². The van der Waals surface area contributed by atoms with Gasteiger partial charge in [-0.15, -0.1) is 11.3 Å². The predicted molar refractivity (Wildman–Crippen MR) is 74.7 cm³/mol. The summed E-state index contributed by atoms with van der Waals surface area (Å²) in [6.45, 7) is 0. The zero-order valence-corrected chi connectivity index (χ0v) is 11.6. The standard InChI is InChI=1S/C12H6Cl2N2O2S/c13-7-2-1-6(5-8(7)14)11-15-12(18-16-11)10-9(17)3-4-19-10/h1-5,17H. The van der Waals surface area contributed by atoms with Crippen molar-refractivity contribution in [3.8, 4) is 27.9 Å². The summed E-state index contributed by atoms with van der Waals surface area (Å²) in [6, 6.07) is 6.64. The monoisotopic (exact) mass is 312 g/mol. The number of rotatable bonds is 2. The Morgan fingerprint density at radius 3 is 2.68 bits per heavy atom. The molecule has 3 aromatic rings. The lowest BCUT2D eigenvalue weighted by Gasteiger charge is -1.97. The molecule has 0 radical (unpaired) electrons. The topological polar surface area (TPSA) is 59.2 Å². The van der Waals surface area contributed by atoms with E-state index in [4.69, 9.17) is 27.7 Å². The molecule has 0 spiro atoms. The molecule has 2 aromatic heterocycles. The van der Waals surface area contributed by atoms with Gasteiger partial charge in [0.15, 0.2) is 0 Å². The lowest BCUT2D eigenvalue weighted by Crippen LogP contribution is -1.81. The first-order valence-corrected chi connectivity index (χ1v) is 6.84. The molecule has 0 bridgehead atoms. The average Bonchev–Trinajstić information content (AvgIpc) is 3.01. The van der Waals surface area contributed by atoms with Crippen molar-refractivity contribution in [1.82, 2.24) is 10.1 Å². The smallest absolute Gasteiger partial charge is 0.272 e. The van der Waals surface area contributed by atoms with E-state index >= 15 is 0 Å². The highest BCUT2D eigenvalue weighted by molar-refractivity contribution is 7.13. The largest absolute Gasteiger partial charge is 0.506 e. The van der Waals surface area contributed by atoms with E-state index in [0.717, 1.165) is 0 Å². The van der Waals surface area contributed by atoms with E-state index in [0.29, 0.717) is 26.3 Å².